The van der Waals surface area contributed by atoms with Gasteiger partial charge in [0.15, 0.2) is 0 Å². The molecule has 0 unspecified atom stereocenters. The predicted molar refractivity (Wildman–Crippen MR) is 42.1 cm³/mol. The zero-order valence-electron chi connectivity index (χ0n) is 6.40. The van der Waals surface area contributed by atoms with E-state index in [1.807, 2.05) is 0 Å². The van der Waals surface area contributed by atoms with Crippen LogP contribution in [0.25, 0.3) is 0 Å². The smallest absolute Gasteiger partial charge is 0.00772 e. The molecule has 1 heteroatoms. The Bertz CT molecular complexity index is 37.8. The second-order valence-corrected chi connectivity index (χ2v) is 2.36. The minimum absolute atomic E-state index is 0.836. The molecule has 55 valence electrons. The van der Waals surface area contributed by atoms with Crippen LogP contribution in [0, 0.1) is 6.42 Å². The number of hydrogen-bond acceptors (Lipinski definition) is 1. The van der Waals surface area contributed by atoms with Gasteiger partial charge in [0.05, 0.1) is 0 Å². The highest BCUT2D eigenvalue weighted by molar-refractivity contribution is 4.63. The van der Waals surface area contributed by atoms with Crippen LogP contribution in [0.3, 0.4) is 0 Å². The topological polar surface area (TPSA) is 26.0 Å². The number of nitrogens with two attached hydrogens (primary N) is 1. The maximum absolute atomic E-state index is 5.32. The van der Waals surface area contributed by atoms with E-state index < -0.39 is 0 Å². The Morgan fingerprint density at radius 3 is 2.44 bits per heavy atom. The van der Waals surface area contributed by atoms with E-state index in [-0.39, 0.29) is 0 Å². The average molecular weight is 128 g/mol. The third kappa shape index (κ3) is 7.96. The van der Waals surface area contributed by atoms with Crippen LogP contribution in [0.5, 0.6) is 0 Å². The minimum Gasteiger partial charge on any atom is -0.330 e. The first kappa shape index (κ1) is 8.96. The summed E-state index contributed by atoms with van der Waals surface area (Å²) in [6.07, 6.45) is 8.62. The van der Waals surface area contributed by atoms with Crippen LogP contribution in [-0.2, 0) is 0 Å². The van der Waals surface area contributed by atoms with Gasteiger partial charge < -0.3 is 5.73 Å². The molecule has 2 N–H and O–H groups in total. The third-order valence-electron chi connectivity index (χ3n) is 1.37. The molecule has 0 bridgehead atoms. The summed E-state index contributed by atoms with van der Waals surface area (Å²) in [4.78, 5) is 0. The molecular weight excluding hydrogens is 110 g/mol. The normalized spacial score (nSPS) is 10.0. The van der Waals surface area contributed by atoms with Gasteiger partial charge in [-0.2, -0.15) is 0 Å². The number of hydrogen-bond donors (Lipinski definition) is 1. The van der Waals surface area contributed by atoms with Gasteiger partial charge in [-0.1, -0.05) is 26.2 Å². The quantitative estimate of drug-likeness (QED) is 0.545. The molecule has 1 radical (unpaired) electrons. The van der Waals surface area contributed by atoms with Crippen LogP contribution in [0.2, 0.25) is 0 Å². The minimum atomic E-state index is 0.836. The number of unbranched alkanes of at least 4 members (excludes halogenated alkanes) is 5. The van der Waals surface area contributed by atoms with Gasteiger partial charge in [0.2, 0.25) is 0 Å². The van der Waals surface area contributed by atoms with Crippen molar-refractivity contribution in [1.82, 2.24) is 0 Å². The summed E-state index contributed by atoms with van der Waals surface area (Å²) in [5.41, 5.74) is 5.32. The molecular formula is C8H18N. The van der Waals surface area contributed by atoms with E-state index in [1.165, 1.54) is 25.7 Å². The molecule has 0 heterocycles. The molecule has 0 aliphatic heterocycles. The molecule has 0 amide bonds. The predicted octanol–water partition coefficient (Wildman–Crippen LogP) is 2.12. The summed E-state index contributed by atoms with van der Waals surface area (Å²) in [6.45, 7) is 3.05. The molecule has 0 saturated heterocycles. The first-order chi connectivity index (χ1) is 4.41. The lowest BCUT2D eigenvalue weighted by Gasteiger charge is -1.95. The Hall–Kier alpha value is -0.0400. The van der Waals surface area contributed by atoms with Gasteiger partial charge in [-0.3, -0.25) is 0 Å². The Labute approximate surface area is 58.6 Å². The molecule has 0 aromatic rings. The molecule has 9 heavy (non-hydrogen) atoms. The molecule has 0 aromatic carbocycles. The molecule has 1 nitrogen and oxygen atoms in total. The Kier molecular flexibility index (Phi) is 7.92. The fourth-order valence-corrected chi connectivity index (χ4v) is 0.755. The van der Waals surface area contributed by atoms with Crippen molar-refractivity contribution in [2.45, 2.75) is 39.0 Å². The molecule has 0 fully saturated rings. The van der Waals surface area contributed by atoms with Gasteiger partial charge in [0.1, 0.15) is 0 Å². The third-order valence-corrected chi connectivity index (χ3v) is 1.37. The molecule has 0 spiro atoms. The van der Waals surface area contributed by atoms with Crippen molar-refractivity contribution in [2.24, 2.45) is 5.73 Å². The largest absolute Gasteiger partial charge is 0.330 e. The van der Waals surface area contributed by atoms with Gasteiger partial charge in [-0.05, 0) is 25.8 Å². The molecule has 0 saturated carbocycles. The Morgan fingerprint density at radius 2 is 1.89 bits per heavy atom. The summed E-state index contributed by atoms with van der Waals surface area (Å²) >= 11 is 0. The molecule has 0 aliphatic rings. The lowest BCUT2D eigenvalue weighted by atomic mass is 10.1. The van der Waals surface area contributed by atoms with Crippen LogP contribution in [0.15, 0.2) is 0 Å². The van der Waals surface area contributed by atoms with Crippen molar-refractivity contribution in [2.75, 3.05) is 6.54 Å². The molecule has 0 aromatic heterocycles. The number of rotatable bonds is 6. The maximum Gasteiger partial charge on any atom is -0.00772 e. The monoisotopic (exact) mass is 128 g/mol. The summed E-state index contributed by atoms with van der Waals surface area (Å²) in [6, 6.07) is 0. The second kappa shape index (κ2) is 7.96. The molecule has 0 rings (SSSR count). The van der Waals surface area contributed by atoms with Crippen LogP contribution in [-0.4, -0.2) is 6.54 Å². The lowest BCUT2D eigenvalue weighted by Crippen LogP contribution is -1.97. The Balaban J connectivity index is 2.60. The standard InChI is InChI=1S/C8H18N/c1-2-3-4-5-6-7-8-9/h5H,2-4,6-9H2,1H3. The van der Waals surface area contributed by atoms with Gasteiger partial charge in [0, 0.05) is 0 Å². The highest BCUT2D eigenvalue weighted by Crippen LogP contribution is 2.01. The van der Waals surface area contributed by atoms with Crippen molar-refractivity contribution in [1.29, 1.82) is 0 Å². The zero-order chi connectivity index (χ0) is 6.95. The second-order valence-electron chi connectivity index (χ2n) is 2.36. The van der Waals surface area contributed by atoms with Gasteiger partial charge in [0.25, 0.3) is 0 Å². The Morgan fingerprint density at radius 1 is 1.22 bits per heavy atom. The van der Waals surface area contributed by atoms with Crippen molar-refractivity contribution in [3.8, 4) is 0 Å². The van der Waals surface area contributed by atoms with Gasteiger partial charge >= 0.3 is 0 Å². The van der Waals surface area contributed by atoms with E-state index in [4.69, 9.17) is 5.73 Å². The average Bonchev–Trinajstić information content (AvgIpc) is 1.89. The summed E-state index contributed by atoms with van der Waals surface area (Å²) in [5, 5.41) is 0. The van der Waals surface area contributed by atoms with E-state index >= 15 is 0 Å². The van der Waals surface area contributed by atoms with E-state index in [1.54, 1.807) is 0 Å². The van der Waals surface area contributed by atoms with Crippen molar-refractivity contribution in [3.63, 3.8) is 0 Å². The van der Waals surface area contributed by atoms with E-state index in [0.717, 1.165) is 13.0 Å². The van der Waals surface area contributed by atoms with Crippen LogP contribution in [0.1, 0.15) is 39.0 Å². The summed E-state index contributed by atoms with van der Waals surface area (Å²) in [5.74, 6) is 0. The first-order valence-corrected chi connectivity index (χ1v) is 3.93. The van der Waals surface area contributed by atoms with Gasteiger partial charge in [-0.25, -0.2) is 0 Å². The highest BCUT2D eigenvalue weighted by atomic mass is 14.5. The molecule has 0 aliphatic carbocycles. The van der Waals surface area contributed by atoms with E-state index in [9.17, 15) is 0 Å². The van der Waals surface area contributed by atoms with Crippen LogP contribution in [0.4, 0.5) is 0 Å². The maximum atomic E-state index is 5.32. The zero-order valence-corrected chi connectivity index (χ0v) is 6.40. The van der Waals surface area contributed by atoms with Gasteiger partial charge in [-0.15, -0.1) is 0 Å². The molecule has 0 atom stereocenters. The van der Waals surface area contributed by atoms with Crippen molar-refractivity contribution >= 4 is 0 Å². The highest BCUT2D eigenvalue weighted by Gasteiger charge is 1.86. The summed E-state index contributed by atoms with van der Waals surface area (Å²) in [7, 11) is 0. The first-order valence-electron chi connectivity index (χ1n) is 3.93. The fourth-order valence-electron chi connectivity index (χ4n) is 0.755. The SMILES string of the molecule is CCCC[CH]CCCN. The van der Waals surface area contributed by atoms with Crippen molar-refractivity contribution < 1.29 is 0 Å². The fraction of sp³-hybridized carbons (Fsp3) is 0.875. The van der Waals surface area contributed by atoms with E-state index in [2.05, 4.69) is 13.3 Å². The van der Waals surface area contributed by atoms with Crippen molar-refractivity contribution in [3.05, 3.63) is 6.42 Å². The van der Waals surface area contributed by atoms with Crippen LogP contribution < -0.4 is 5.73 Å². The summed E-state index contributed by atoms with van der Waals surface area (Å²) < 4.78 is 0. The van der Waals surface area contributed by atoms with Crippen LogP contribution >= 0.6 is 0 Å². The van der Waals surface area contributed by atoms with E-state index in [0.29, 0.717) is 0 Å². The lowest BCUT2D eigenvalue weighted by molar-refractivity contribution is 0.720.